The summed E-state index contributed by atoms with van der Waals surface area (Å²) in [4.78, 5) is 13.2. The third-order valence-corrected chi connectivity index (χ3v) is 2.38. The van der Waals surface area contributed by atoms with Gasteiger partial charge in [-0.05, 0) is 39.2 Å². The van der Waals surface area contributed by atoms with Gasteiger partial charge in [-0.15, -0.1) is 0 Å². The molecule has 1 rings (SSSR count). The number of nitrogens with zero attached hydrogens (tertiary/aromatic N) is 2. The summed E-state index contributed by atoms with van der Waals surface area (Å²) >= 11 is 0. The molecule has 0 aliphatic carbocycles. The van der Waals surface area contributed by atoms with Crippen LogP contribution in [0.3, 0.4) is 0 Å². The summed E-state index contributed by atoms with van der Waals surface area (Å²) in [6.45, 7) is 5.79. The maximum Gasteiger partial charge on any atom is 0.415 e. The first-order valence-electron chi connectivity index (χ1n) is 5.62. The molecule has 0 aromatic carbocycles. The number of carbonyl (C=O) groups excluding carboxylic acids is 1. The lowest BCUT2D eigenvalue weighted by Crippen LogP contribution is -2.34. The van der Waals surface area contributed by atoms with Crippen molar-refractivity contribution in [3.05, 3.63) is 11.3 Å². The van der Waals surface area contributed by atoms with Crippen LogP contribution in [0.25, 0.3) is 0 Å². The van der Waals surface area contributed by atoms with Crippen molar-refractivity contribution < 1.29 is 14.6 Å². The Morgan fingerprint density at radius 2 is 2.24 bits per heavy atom. The monoisotopic (exact) mass is 238 g/mol. The molecule has 0 radical (unpaired) electrons. The SMILES string of the molecule is CC(C)(C)OC(=O)N1CCC(CCO)=C1C#N. The molecule has 0 unspecified atom stereocenters. The van der Waals surface area contributed by atoms with E-state index in [1.165, 1.54) is 4.90 Å². The average molecular weight is 238 g/mol. The van der Waals surface area contributed by atoms with Gasteiger partial charge in [-0.2, -0.15) is 5.26 Å². The van der Waals surface area contributed by atoms with Crippen LogP contribution in [0.2, 0.25) is 0 Å². The Kier molecular flexibility index (Phi) is 4.13. The number of amides is 1. The summed E-state index contributed by atoms with van der Waals surface area (Å²) in [5.74, 6) is 0. The Morgan fingerprint density at radius 1 is 1.59 bits per heavy atom. The van der Waals surface area contributed by atoms with Gasteiger partial charge in [0.25, 0.3) is 0 Å². The molecular weight excluding hydrogens is 220 g/mol. The first-order chi connectivity index (χ1) is 7.89. The topological polar surface area (TPSA) is 73.6 Å². The van der Waals surface area contributed by atoms with Crippen molar-refractivity contribution >= 4 is 6.09 Å². The summed E-state index contributed by atoms with van der Waals surface area (Å²) in [6.07, 6.45) is 0.562. The number of nitriles is 1. The van der Waals surface area contributed by atoms with Gasteiger partial charge >= 0.3 is 6.09 Å². The van der Waals surface area contributed by atoms with Crippen molar-refractivity contribution in [3.63, 3.8) is 0 Å². The fourth-order valence-corrected chi connectivity index (χ4v) is 1.69. The fourth-order valence-electron chi connectivity index (χ4n) is 1.69. The molecule has 5 heteroatoms. The Bertz CT molecular complexity index is 374. The van der Waals surface area contributed by atoms with Crippen molar-refractivity contribution in [3.8, 4) is 6.07 Å². The van der Waals surface area contributed by atoms with Gasteiger partial charge < -0.3 is 9.84 Å². The van der Waals surface area contributed by atoms with E-state index in [1.807, 2.05) is 6.07 Å². The van der Waals surface area contributed by atoms with E-state index < -0.39 is 11.7 Å². The van der Waals surface area contributed by atoms with Crippen molar-refractivity contribution in [1.82, 2.24) is 4.90 Å². The zero-order valence-electron chi connectivity index (χ0n) is 10.5. The minimum atomic E-state index is -0.572. The molecule has 0 saturated carbocycles. The second kappa shape index (κ2) is 5.19. The van der Waals surface area contributed by atoms with E-state index >= 15 is 0 Å². The maximum absolute atomic E-state index is 11.8. The molecular formula is C12H18N2O3. The zero-order chi connectivity index (χ0) is 13.1. The standard InChI is InChI=1S/C12H18N2O3/c1-12(2,3)17-11(16)14-6-4-9(5-7-15)10(14)8-13/h15H,4-7H2,1-3H3. The molecule has 0 spiro atoms. The van der Waals surface area contributed by atoms with Gasteiger partial charge in [0.1, 0.15) is 17.4 Å². The molecule has 0 atom stereocenters. The minimum Gasteiger partial charge on any atom is -0.443 e. The summed E-state index contributed by atoms with van der Waals surface area (Å²) in [5.41, 5.74) is 0.575. The summed E-state index contributed by atoms with van der Waals surface area (Å²) in [7, 11) is 0. The van der Waals surface area contributed by atoms with Crippen LogP contribution in [0.1, 0.15) is 33.6 Å². The number of hydrogen-bond donors (Lipinski definition) is 1. The van der Waals surface area contributed by atoms with Crippen LogP contribution in [-0.4, -0.2) is 34.9 Å². The Labute approximate surface area is 101 Å². The highest BCUT2D eigenvalue weighted by Gasteiger charge is 2.30. The molecule has 94 valence electrons. The molecule has 1 aliphatic heterocycles. The molecule has 1 aliphatic rings. The maximum atomic E-state index is 11.8. The first kappa shape index (κ1) is 13.5. The average Bonchev–Trinajstić information content (AvgIpc) is 2.58. The van der Waals surface area contributed by atoms with Crippen LogP contribution in [0.15, 0.2) is 11.3 Å². The van der Waals surface area contributed by atoms with Gasteiger partial charge in [-0.3, -0.25) is 4.90 Å². The smallest absolute Gasteiger partial charge is 0.415 e. The van der Waals surface area contributed by atoms with Crippen LogP contribution in [0.5, 0.6) is 0 Å². The largest absolute Gasteiger partial charge is 0.443 e. The predicted octanol–water partition coefficient (Wildman–Crippen LogP) is 1.79. The highest BCUT2D eigenvalue weighted by atomic mass is 16.6. The number of allylic oxidation sites excluding steroid dienone is 1. The molecule has 1 heterocycles. The lowest BCUT2D eigenvalue weighted by Gasteiger charge is -2.24. The van der Waals surface area contributed by atoms with E-state index in [-0.39, 0.29) is 6.61 Å². The van der Waals surface area contributed by atoms with E-state index in [4.69, 9.17) is 15.1 Å². The quantitative estimate of drug-likeness (QED) is 0.795. The van der Waals surface area contributed by atoms with E-state index in [0.29, 0.717) is 25.1 Å². The number of hydrogen-bond acceptors (Lipinski definition) is 4. The summed E-state index contributed by atoms with van der Waals surface area (Å²) in [5, 5.41) is 17.9. The van der Waals surface area contributed by atoms with E-state index in [9.17, 15) is 4.79 Å². The van der Waals surface area contributed by atoms with Gasteiger partial charge in [0.05, 0.1) is 0 Å². The van der Waals surface area contributed by atoms with Gasteiger partial charge in [-0.1, -0.05) is 0 Å². The van der Waals surface area contributed by atoms with Crippen molar-refractivity contribution in [2.24, 2.45) is 0 Å². The molecule has 0 bridgehead atoms. The van der Waals surface area contributed by atoms with Crippen molar-refractivity contribution in [2.45, 2.75) is 39.2 Å². The Hall–Kier alpha value is -1.54. The molecule has 0 saturated heterocycles. The molecule has 0 fully saturated rings. The lowest BCUT2D eigenvalue weighted by atomic mass is 10.1. The van der Waals surface area contributed by atoms with E-state index in [1.54, 1.807) is 20.8 Å². The van der Waals surface area contributed by atoms with E-state index in [0.717, 1.165) is 5.57 Å². The van der Waals surface area contributed by atoms with Gasteiger partial charge in [0.15, 0.2) is 0 Å². The molecule has 1 amide bonds. The first-order valence-corrected chi connectivity index (χ1v) is 5.62. The third kappa shape index (κ3) is 3.46. The fraction of sp³-hybridized carbons (Fsp3) is 0.667. The minimum absolute atomic E-state index is 0.0112. The number of aliphatic hydroxyl groups is 1. The van der Waals surface area contributed by atoms with E-state index in [2.05, 4.69) is 0 Å². The second-order valence-corrected chi connectivity index (χ2v) is 4.92. The van der Waals surface area contributed by atoms with Crippen LogP contribution in [0, 0.1) is 11.3 Å². The second-order valence-electron chi connectivity index (χ2n) is 4.92. The molecule has 17 heavy (non-hydrogen) atoms. The molecule has 0 aromatic rings. The van der Waals surface area contributed by atoms with Crippen molar-refractivity contribution in [2.75, 3.05) is 13.2 Å². The van der Waals surface area contributed by atoms with Crippen LogP contribution in [0.4, 0.5) is 4.79 Å². The number of ether oxygens (including phenoxy) is 1. The number of rotatable bonds is 2. The normalized spacial score (nSPS) is 16.1. The Morgan fingerprint density at radius 3 is 2.71 bits per heavy atom. The lowest BCUT2D eigenvalue weighted by molar-refractivity contribution is 0.0337. The summed E-state index contributed by atoms with van der Waals surface area (Å²) in [6, 6.07) is 2.01. The van der Waals surface area contributed by atoms with Crippen LogP contribution >= 0.6 is 0 Å². The van der Waals surface area contributed by atoms with Crippen molar-refractivity contribution in [1.29, 1.82) is 5.26 Å². The van der Waals surface area contributed by atoms with Gasteiger partial charge in [-0.25, -0.2) is 4.79 Å². The number of aliphatic hydroxyl groups excluding tert-OH is 1. The predicted molar refractivity (Wildman–Crippen MR) is 61.9 cm³/mol. The summed E-state index contributed by atoms with van der Waals surface area (Å²) < 4.78 is 5.22. The molecule has 1 N–H and O–H groups in total. The highest BCUT2D eigenvalue weighted by Crippen LogP contribution is 2.26. The molecule has 5 nitrogen and oxygen atoms in total. The zero-order valence-corrected chi connectivity index (χ0v) is 10.5. The highest BCUT2D eigenvalue weighted by molar-refractivity contribution is 5.72. The Balaban J connectivity index is 2.80. The number of carbonyl (C=O) groups is 1. The van der Waals surface area contributed by atoms with Gasteiger partial charge in [0.2, 0.25) is 0 Å². The third-order valence-electron chi connectivity index (χ3n) is 2.38. The van der Waals surface area contributed by atoms with Crippen LogP contribution < -0.4 is 0 Å². The van der Waals surface area contributed by atoms with Gasteiger partial charge in [0, 0.05) is 13.2 Å². The molecule has 0 aromatic heterocycles. The van der Waals surface area contributed by atoms with Crippen LogP contribution in [-0.2, 0) is 4.74 Å².